The maximum atomic E-state index is 2.51. The van der Waals surface area contributed by atoms with Crippen molar-refractivity contribution in [3.63, 3.8) is 0 Å². The Hall–Kier alpha value is -5.05. The molecule has 10 aromatic rings. The van der Waals surface area contributed by atoms with Crippen LogP contribution in [0, 0.1) is 0 Å². The molecule has 0 N–H and O–H groups in total. The van der Waals surface area contributed by atoms with Crippen LogP contribution < -0.4 is 38.2 Å². The van der Waals surface area contributed by atoms with Gasteiger partial charge in [0.25, 0.3) is 0 Å². The molecule has 0 fully saturated rings. The molecule has 0 saturated carbocycles. The number of hydrogen-bond acceptors (Lipinski definition) is 1. The van der Waals surface area contributed by atoms with Crippen LogP contribution in [0.25, 0.3) is 96.6 Å². The third-order valence-electron chi connectivity index (χ3n) is 14.2. The first kappa shape index (κ1) is 33.3. The molecule has 0 radical (unpaired) electrons. The minimum absolute atomic E-state index is 0.0988. The maximum Gasteiger partial charge on any atom is 0.140 e. The van der Waals surface area contributed by atoms with Crippen LogP contribution in [0.1, 0.15) is 25.0 Å². The van der Waals surface area contributed by atoms with Crippen molar-refractivity contribution in [2.75, 3.05) is 0 Å². The number of thiophene rings is 1. The summed E-state index contributed by atoms with van der Waals surface area (Å²) >= 11 is 1.91. The molecule has 1 aliphatic rings. The number of benzene rings is 9. The Morgan fingerprint density at radius 1 is 0.400 bits per heavy atom. The van der Waals surface area contributed by atoms with E-state index >= 15 is 0 Å². The normalized spacial score (nSPS) is 13.6. The van der Waals surface area contributed by atoms with Gasteiger partial charge in [0.2, 0.25) is 0 Å². The van der Waals surface area contributed by atoms with Crippen LogP contribution in [0.2, 0.25) is 0 Å². The minimum Gasteiger partial charge on any atom is -0.135 e. The molecule has 1 aromatic heterocycles. The quantitative estimate of drug-likeness (QED) is 0.189. The lowest BCUT2D eigenvalue weighted by Gasteiger charge is -2.25. The molecule has 9 aromatic carbocycles. The maximum absolute atomic E-state index is 2.51. The van der Waals surface area contributed by atoms with Gasteiger partial charge in [-0.05, 0) is 106 Å². The molecule has 0 unspecified atom stereocenters. The van der Waals surface area contributed by atoms with Gasteiger partial charge in [0.15, 0.2) is 0 Å². The zero-order valence-electron chi connectivity index (χ0n) is 33.2. The molecule has 55 heavy (non-hydrogen) atoms. The van der Waals surface area contributed by atoms with Crippen LogP contribution in [0.3, 0.4) is 0 Å². The Balaban J connectivity index is 1.14. The second-order valence-corrected chi connectivity index (χ2v) is 18.1. The van der Waals surface area contributed by atoms with Crippen molar-refractivity contribution in [2.24, 2.45) is 0 Å². The van der Waals surface area contributed by atoms with Crippen molar-refractivity contribution in [1.29, 1.82) is 0 Å². The molecule has 0 spiro atoms. The lowest BCUT2D eigenvalue weighted by Crippen LogP contribution is -2.52. The monoisotopic (exact) mass is 710 g/mol. The average molecular weight is 710 g/mol. The minimum atomic E-state index is -0.0988. The Morgan fingerprint density at radius 2 is 0.982 bits per heavy atom. The van der Waals surface area contributed by atoms with Crippen LogP contribution in [-0.4, -0.2) is 54.9 Å². The second-order valence-electron chi connectivity index (χ2n) is 17.0. The summed E-state index contributed by atoms with van der Waals surface area (Å²) in [4.78, 5) is 0. The van der Waals surface area contributed by atoms with Crippen molar-refractivity contribution >= 4 is 168 Å². The van der Waals surface area contributed by atoms with E-state index in [2.05, 4.69) is 172 Å². The molecule has 0 amide bonds. The number of fused-ring (bicyclic) bond motifs is 8. The molecule has 0 aliphatic heterocycles. The molecule has 1 heterocycles. The second kappa shape index (κ2) is 11.3. The van der Waals surface area contributed by atoms with E-state index < -0.39 is 0 Å². The predicted molar refractivity (Wildman–Crippen MR) is 266 cm³/mol. The lowest BCUT2D eigenvalue weighted by molar-refractivity contribution is 0.661. The van der Waals surface area contributed by atoms with E-state index in [1.54, 1.807) is 0 Å². The summed E-state index contributed by atoms with van der Waals surface area (Å²) in [6.07, 6.45) is 0. The molecule has 0 saturated heterocycles. The molecular weight excluding hydrogens is 672 g/mol. The van der Waals surface area contributed by atoms with Gasteiger partial charge in [0.05, 0.1) is 0 Å². The molecule has 1 aliphatic carbocycles. The predicted octanol–water partition coefficient (Wildman–Crippen LogP) is 1.55. The van der Waals surface area contributed by atoms with Crippen LogP contribution in [0.15, 0.2) is 103 Å². The van der Waals surface area contributed by atoms with E-state index in [0.29, 0.717) is 0 Å². The van der Waals surface area contributed by atoms with Crippen molar-refractivity contribution < 1.29 is 0 Å². The van der Waals surface area contributed by atoms with Gasteiger partial charge in [0, 0.05) is 25.6 Å². The van der Waals surface area contributed by atoms with Crippen LogP contribution in [0.5, 0.6) is 0 Å². The summed E-state index contributed by atoms with van der Waals surface area (Å²) in [6, 6.07) is 39.9. The van der Waals surface area contributed by atoms with Crippen LogP contribution in [0.4, 0.5) is 0 Å². The fraction of sp³-hybridized carbons (Fsp3) is 0.0638. The van der Waals surface area contributed by atoms with Gasteiger partial charge in [-0.15, -0.1) is 22.3 Å². The average Bonchev–Trinajstić information content (AvgIpc) is 3.68. The standard InChI is InChI=1S/C47H37B7S/c1-47(2)29-17-18-32-36(28-5-3-4-6-31(28)55-32)35(29)27-16-11-22(19-30(27)47)23-12-7-20-9-14-25-26(15-10-21-8-13-24(23)33(20)34(21)25)37-40(48)38-39(42(50)41(37)49)44(52)46(54)45(53)43(38)51/h3-19H,48-54H2,1-2H3. The first-order chi connectivity index (χ1) is 26.5. The van der Waals surface area contributed by atoms with Gasteiger partial charge in [-0.3, -0.25) is 0 Å². The van der Waals surface area contributed by atoms with Crippen molar-refractivity contribution in [2.45, 2.75) is 19.3 Å². The van der Waals surface area contributed by atoms with E-state index in [0.717, 1.165) is 0 Å². The third-order valence-corrected chi connectivity index (χ3v) is 15.3. The highest BCUT2D eigenvalue weighted by Gasteiger charge is 2.37. The number of hydrogen-bond donors (Lipinski definition) is 0. The lowest BCUT2D eigenvalue weighted by atomic mass is 9.58. The van der Waals surface area contributed by atoms with Crippen molar-refractivity contribution in [1.82, 2.24) is 0 Å². The summed E-state index contributed by atoms with van der Waals surface area (Å²) in [5.41, 5.74) is 20.7. The van der Waals surface area contributed by atoms with Gasteiger partial charge in [0.1, 0.15) is 54.9 Å². The van der Waals surface area contributed by atoms with Gasteiger partial charge in [-0.1, -0.05) is 126 Å². The topological polar surface area (TPSA) is 0 Å². The molecule has 0 atom stereocenters. The van der Waals surface area contributed by atoms with E-state index in [1.165, 1.54) is 146 Å². The van der Waals surface area contributed by atoms with E-state index in [1.807, 2.05) is 11.3 Å². The molecule has 8 heteroatoms. The third kappa shape index (κ3) is 4.22. The molecule has 0 nitrogen and oxygen atoms in total. The highest BCUT2D eigenvalue weighted by molar-refractivity contribution is 7.26. The zero-order valence-corrected chi connectivity index (χ0v) is 34.0. The molecule has 0 bridgehead atoms. The molecular formula is C47H37B7S. The summed E-state index contributed by atoms with van der Waals surface area (Å²) in [6.45, 7) is 4.83. The first-order valence-corrected chi connectivity index (χ1v) is 20.6. The first-order valence-electron chi connectivity index (χ1n) is 19.8. The van der Waals surface area contributed by atoms with Crippen LogP contribution >= 0.6 is 11.3 Å². The fourth-order valence-electron chi connectivity index (χ4n) is 10.9. The van der Waals surface area contributed by atoms with Gasteiger partial charge in [-0.2, -0.15) is 0 Å². The zero-order chi connectivity index (χ0) is 37.8. The SMILES string of the molecule is Bc1c(B)c(B)c2c(B)c(-c3ccc4ccc5c(-c6ccc7c(c6)C(C)(C)c6ccc8sc9ccccc9c8c6-7)ccc6ccc3c4c65)c(B)c(B)c2c1B. The van der Waals surface area contributed by atoms with Crippen LogP contribution in [-0.2, 0) is 5.41 Å². The largest absolute Gasteiger partial charge is 0.140 e. The molecule has 11 rings (SSSR count). The summed E-state index contributed by atoms with van der Waals surface area (Å²) in [7, 11) is 16.3. The van der Waals surface area contributed by atoms with E-state index in [9.17, 15) is 0 Å². The highest BCUT2D eigenvalue weighted by Crippen LogP contribution is 2.55. The fourth-order valence-corrected chi connectivity index (χ4v) is 12.0. The Bertz CT molecular complexity index is 3380. The Morgan fingerprint density at radius 3 is 1.69 bits per heavy atom. The van der Waals surface area contributed by atoms with Gasteiger partial charge in [-0.25, -0.2) is 0 Å². The highest BCUT2D eigenvalue weighted by atomic mass is 32.1. The summed E-state index contributed by atoms with van der Waals surface area (Å²) in [5.74, 6) is 0. The van der Waals surface area contributed by atoms with Gasteiger partial charge >= 0.3 is 0 Å². The smallest absolute Gasteiger partial charge is 0.135 e. The van der Waals surface area contributed by atoms with Crippen molar-refractivity contribution in [3.05, 3.63) is 114 Å². The summed E-state index contributed by atoms with van der Waals surface area (Å²) in [5, 5.41) is 13.7. The number of rotatable bonds is 2. The van der Waals surface area contributed by atoms with Gasteiger partial charge < -0.3 is 0 Å². The molecule has 252 valence electrons. The Kier molecular flexibility index (Phi) is 6.82. The Labute approximate surface area is 332 Å². The van der Waals surface area contributed by atoms with E-state index in [-0.39, 0.29) is 5.41 Å². The van der Waals surface area contributed by atoms with Crippen molar-refractivity contribution in [3.8, 4) is 33.4 Å². The summed E-state index contributed by atoms with van der Waals surface area (Å²) < 4.78 is 2.74. The van der Waals surface area contributed by atoms with E-state index in [4.69, 9.17) is 0 Å².